The molecule has 11 heteroatoms. The molecule has 0 atom stereocenters. The number of hydrogen-bond donors (Lipinski definition) is 1. The van der Waals surface area contributed by atoms with Crippen molar-refractivity contribution < 1.29 is 22.5 Å². The maximum atomic E-state index is 13.0. The maximum Gasteiger partial charge on any atom is 0.265 e. The molecule has 0 unspecified atom stereocenters. The zero-order valence-corrected chi connectivity index (χ0v) is 18.3. The number of nitrogens with zero attached hydrogens (tertiary/aromatic N) is 3. The lowest BCUT2D eigenvalue weighted by Gasteiger charge is -2.28. The molecular formula is C20H19ClN4O5S. The van der Waals surface area contributed by atoms with Crippen molar-refractivity contribution in [3.63, 3.8) is 0 Å². The van der Waals surface area contributed by atoms with E-state index in [1.54, 1.807) is 19.1 Å². The van der Waals surface area contributed by atoms with E-state index in [4.69, 9.17) is 20.9 Å². The number of anilines is 2. The lowest BCUT2D eigenvalue weighted by atomic mass is 10.2. The highest BCUT2D eigenvalue weighted by Crippen LogP contribution is 2.35. The minimum atomic E-state index is -3.95. The number of ether oxygens (including phenoxy) is 1. The van der Waals surface area contributed by atoms with E-state index in [0.29, 0.717) is 40.3 Å². The number of rotatable bonds is 6. The molecule has 1 N–H and O–H groups in total. The molecule has 0 aliphatic carbocycles. The summed E-state index contributed by atoms with van der Waals surface area (Å²) in [6.45, 7) is 3.50. The van der Waals surface area contributed by atoms with Gasteiger partial charge < -0.3 is 9.26 Å². The highest BCUT2D eigenvalue weighted by atomic mass is 35.5. The number of nitrogens with one attached hydrogen (secondary N) is 1. The molecule has 1 aliphatic heterocycles. The minimum absolute atomic E-state index is 0.0308. The van der Waals surface area contributed by atoms with Crippen LogP contribution in [0.25, 0.3) is 0 Å². The summed E-state index contributed by atoms with van der Waals surface area (Å²) >= 11 is 6.00. The van der Waals surface area contributed by atoms with E-state index in [1.807, 2.05) is 6.92 Å². The van der Waals surface area contributed by atoms with Gasteiger partial charge in [0, 0.05) is 11.4 Å². The fourth-order valence-corrected chi connectivity index (χ4v) is 4.38. The highest BCUT2D eigenvalue weighted by Gasteiger charge is 2.29. The second kappa shape index (κ2) is 8.20. The molecule has 0 spiro atoms. The van der Waals surface area contributed by atoms with Crippen LogP contribution in [0.3, 0.4) is 0 Å². The van der Waals surface area contributed by atoms with Gasteiger partial charge >= 0.3 is 0 Å². The number of benzene rings is 2. The molecule has 1 aromatic heterocycles. The second-order valence-corrected chi connectivity index (χ2v) is 9.04. The van der Waals surface area contributed by atoms with Crippen molar-refractivity contribution in [2.45, 2.75) is 31.7 Å². The average Bonchev–Trinajstić information content (AvgIpc) is 3.20. The number of carbonyl (C=O) groups excluding carboxylic acids is 1. The van der Waals surface area contributed by atoms with Crippen LogP contribution in [0, 0.1) is 6.92 Å². The summed E-state index contributed by atoms with van der Waals surface area (Å²) in [6, 6.07) is 9.25. The van der Waals surface area contributed by atoms with Crippen LogP contribution in [0.15, 0.2) is 45.8 Å². The van der Waals surface area contributed by atoms with Crippen molar-refractivity contribution in [2.75, 3.05) is 16.2 Å². The number of aromatic nitrogens is 2. The summed E-state index contributed by atoms with van der Waals surface area (Å²) in [4.78, 5) is 18.1. The standard InChI is InChI=1S/C20H19ClN4O5S/c1-3-19-22-18(23-30-19)10-25-16-9-14(6-7-17(16)29-11-20(25)26)31(27,28)24-15-8-13(21)5-4-12(15)2/h4-9,24H,3,10-11H2,1-2H3. The lowest BCUT2D eigenvalue weighted by Crippen LogP contribution is -2.38. The molecule has 0 fully saturated rings. The molecule has 9 nitrogen and oxygen atoms in total. The van der Waals surface area contributed by atoms with Gasteiger partial charge in [0.05, 0.1) is 22.8 Å². The van der Waals surface area contributed by atoms with Crippen molar-refractivity contribution in [1.29, 1.82) is 0 Å². The molecule has 31 heavy (non-hydrogen) atoms. The lowest BCUT2D eigenvalue weighted by molar-refractivity contribution is -0.121. The van der Waals surface area contributed by atoms with E-state index >= 15 is 0 Å². The first-order valence-electron chi connectivity index (χ1n) is 9.44. The van der Waals surface area contributed by atoms with E-state index in [2.05, 4.69) is 14.9 Å². The van der Waals surface area contributed by atoms with Crippen LogP contribution in [0.4, 0.5) is 11.4 Å². The number of sulfonamides is 1. The zero-order chi connectivity index (χ0) is 22.2. The van der Waals surface area contributed by atoms with Crippen LogP contribution in [0.1, 0.15) is 24.2 Å². The zero-order valence-electron chi connectivity index (χ0n) is 16.8. The summed E-state index contributed by atoms with van der Waals surface area (Å²) in [5.41, 5.74) is 1.40. The smallest absolute Gasteiger partial charge is 0.265 e. The summed E-state index contributed by atoms with van der Waals surface area (Å²) in [6.07, 6.45) is 0.567. The fraction of sp³-hybridized carbons (Fsp3) is 0.250. The van der Waals surface area contributed by atoms with Gasteiger partial charge in [-0.1, -0.05) is 29.7 Å². The molecule has 0 saturated carbocycles. The number of fused-ring (bicyclic) bond motifs is 1. The van der Waals surface area contributed by atoms with Crippen LogP contribution in [0.5, 0.6) is 5.75 Å². The van der Waals surface area contributed by atoms with Crippen LogP contribution >= 0.6 is 11.6 Å². The van der Waals surface area contributed by atoms with Gasteiger partial charge in [-0.15, -0.1) is 0 Å². The number of aryl methyl sites for hydroxylation is 2. The summed E-state index contributed by atoms with van der Waals surface area (Å²) in [5.74, 6) is 0.813. The van der Waals surface area contributed by atoms with E-state index in [-0.39, 0.29) is 24.0 Å². The largest absolute Gasteiger partial charge is 0.482 e. The van der Waals surface area contributed by atoms with E-state index in [9.17, 15) is 13.2 Å². The first-order chi connectivity index (χ1) is 14.8. The van der Waals surface area contributed by atoms with Gasteiger partial charge in [-0.2, -0.15) is 4.98 Å². The molecule has 4 rings (SSSR count). The molecule has 2 aromatic carbocycles. The molecule has 0 radical (unpaired) electrons. The minimum Gasteiger partial charge on any atom is -0.482 e. The Morgan fingerprint density at radius 2 is 2.03 bits per heavy atom. The highest BCUT2D eigenvalue weighted by molar-refractivity contribution is 7.92. The molecule has 0 saturated heterocycles. The number of amides is 1. The predicted octanol–water partition coefficient (Wildman–Crippen LogP) is 3.32. The van der Waals surface area contributed by atoms with Gasteiger partial charge in [-0.3, -0.25) is 14.4 Å². The first-order valence-corrected chi connectivity index (χ1v) is 11.3. The summed E-state index contributed by atoms with van der Waals surface area (Å²) < 4.78 is 39.1. The third kappa shape index (κ3) is 4.35. The van der Waals surface area contributed by atoms with E-state index in [1.165, 1.54) is 29.2 Å². The Balaban J connectivity index is 1.67. The Bertz CT molecular complexity index is 1260. The number of hydrogen-bond acceptors (Lipinski definition) is 7. The Kier molecular flexibility index (Phi) is 5.59. The van der Waals surface area contributed by atoms with Gasteiger partial charge in [0.15, 0.2) is 12.4 Å². The second-order valence-electron chi connectivity index (χ2n) is 6.92. The molecule has 2 heterocycles. The first kappa shape index (κ1) is 21.1. The summed E-state index contributed by atoms with van der Waals surface area (Å²) in [7, 11) is -3.95. The molecular weight excluding hydrogens is 444 g/mol. The Morgan fingerprint density at radius 1 is 1.23 bits per heavy atom. The third-order valence-electron chi connectivity index (χ3n) is 4.74. The van der Waals surface area contributed by atoms with Crippen LogP contribution in [0.2, 0.25) is 5.02 Å². The molecule has 1 aliphatic rings. The molecule has 0 bridgehead atoms. The van der Waals surface area contributed by atoms with Gasteiger partial charge in [0.25, 0.3) is 15.9 Å². The predicted molar refractivity (Wildman–Crippen MR) is 114 cm³/mol. The van der Waals surface area contributed by atoms with Crippen LogP contribution in [-0.4, -0.2) is 31.1 Å². The molecule has 3 aromatic rings. The number of halogens is 1. The van der Waals surface area contributed by atoms with Crippen molar-refractivity contribution in [2.24, 2.45) is 0 Å². The van der Waals surface area contributed by atoms with Crippen LogP contribution in [-0.2, 0) is 27.8 Å². The van der Waals surface area contributed by atoms with E-state index in [0.717, 1.165) is 5.56 Å². The van der Waals surface area contributed by atoms with Crippen molar-refractivity contribution in [3.05, 3.63) is 58.7 Å². The quantitative estimate of drug-likeness (QED) is 0.597. The van der Waals surface area contributed by atoms with Crippen molar-refractivity contribution in [1.82, 2.24) is 10.1 Å². The average molecular weight is 463 g/mol. The Labute approximate surface area is 184 Å². The van der Waals surface area contributed by atoms with E-state index < -0.39 is 10.0 Å². The number of carbonyl (C=O) groups is 1. The Morgan fingerprint density at radius 3 is 2.77 bits per heavy atom. The monoisotopic (exact) mass is 462 g/mol. The molecule has 1 amide bonds. The summed E-state index contributed by atoms with van der Waals surface area (Å²) in [5, 5.41) is 4.28. The third-order valence-corrected chi connectivity index (χ3v) is 6.34. The topological polar surface area (TPSA) is 115 Å². The SMILES string of the molecule is CCc1nc(CN2C(=O)COc3ccc(S(=O)(=O)Nc4cc(Cl)ccc4C)cc32)no1. The van der Waals surface area contributed by atoms with Gasteiger partial charge in [-0.25, -0.2) is 8.42 Å². The van der Waals surface area contributed by atoms with Gasteiger partial charge in [-0.05, 0) is 42.8 Å². The Hall–Kier alpha value is -3.11. The van der Waals surface area contributed by atoms with Gasteiger partial charge in [0.1, 0.15) is 5.75 Å². The normalized spacial score (nSPS) is 13.6. The maximum absolute atomic E-state index is 13.0. The fourth-order valence-electron chi connectivity index (χ4n) is 3.07. The molecule has 162 valence electrons. The van der Waals surface area contributed by atoms with Crippen molar-refractivity contribution in [3.8, 4) is 5.75 Å². The van der Waals surface area contributed by atoms with Crippen LogP contribution < -0.4 is 14.4 Å². The van der Waals surface area contributed by atoms with Gasteiger partial charge in [0.2, 0.25) is 5.89 Å². The van der Waals surface area contributed by atoms with Crippen molar-refractivity contribution >= 4 is 38.9 Å².